The number of carbonyl (C=O) groups excluding carboxylic acids is 3. The number of hydrogen-bond donors (Lipinski definition) is 1. The fraction of sp³-hybridized carbons (Fsp3) is 0.464. The van der Waals surface area contributed by atoms with E-state index in [0.29, 0.717) is 68.7 Å². The van der Waals surface area contributed by atoms with E-state index in [9.17, 15) is 14.4 Å². The molecule has 1 fully saturated rings. The maximum absolute atomic E-state index is 12.9. The fourth-order valence-electron chi connectivity index (χ4n) is 4.42. The number of benzene rings is 1. The minimum Gasteiger partial charge on any atom is -0.480 e. The van der Waals surface area contributed by atoms with Crippen LogP contribution in [0.4, 0.5) is 0 Å². The summed E-state index contributed by atoms with van der Waals surface area (Å²) in [6, 6.07) is 9.00. The monoisotopic (exact) mass is 522 g/mol. The van der Waals surface area contributed by atoms with Crippen LogP contribution < -0.4 is 10.1 Å². The highest BCUT2D eigenvalue weighted by Gasteiger charge is 2.28. The Kier molecular flexibility index (Phi) is 9.42. The minimum atomic E-state index is -0.706. The van der Waals surface area contributed by atoms with Crippen molar-refractivity contribution in [3.05, 3.63) is 42.4 Å². The highest BCUT2D eigenvalue weighted by Crippen LogP contribution is 2.33. The second kappa shape index (κ2) is 13.1. The second-order valence-corrected chi connectivity index (χ2v) is 9.22. The molecular weight excluding hydrogens is 488 g/mol. The number of unbranched alkanes of at least 4 members (excludes halogenated alkanes) is 2. The van der Waals surface area contributed by atoms with E-state index in [1.807, 2.05) is 37.3 Å². The van der Waals surface area contributed by atoms with Crippen LogP contribution in [0, 0.1) is 0 Å². The number of para-hydroxylation sites is 1. The molecule has 0 radical (unpaired) electrons. The molecule has 0 aliphatic carbocycles. The molecule has 0 saturated carbocycles. The number of hydrogen-bond acceptors (Lipinski definition) is 8. The van der Waals surface area contributed by atoms with Crippen molar-refractivity contribution in [3.63, 3.8) is 0 Å². The van der Waals surface area contributed by atoms with Gasteiger partial charge in [-0.3, -0.25) is 14.4 Å². The van der Waals surface area contributed by atoms with Crippen LogP contribution in [0.15, 0.2) is 40.9 Å². The molecule has 2 aromatic heterocycles. The standard InChI is InChI=1S/C28H34N4O6/c1-3-20(33)10-5-4-6-12-23(30-25(34)28(35)32-13-15-37-16-14-32)27-29-18-24(38-27)21-17-19-9-7-8-11-22(19)31-26(21)36-2/h7-9,11,17-18,23H,3-6,10,12-16H2,1-2H3,(H,30,34)/t23-/m0/s1. The first-order valence-electron chi connectivity index (χ1n) is 13.1. The number of ketones is 1. The Hall–Kier alpha value is -3.79. The van der Waals surface area contributed by atoms with Crippen LogP contribution in [0.3, 0.4) is 0 Å². The maximum Gasteiger partial charge on any atom is 0.312 e. The number of Topliss-reactive ketones (excluding diaryl/α,β-unsaturated/α-hetero) is 1. The van der Waals surface area contributed by atoms with Gasteiger partial charge in [0.15, 0.2) is 5.76 Å². The van der Waals surface area contributed by atoms with E-state index in [2.05, 4.69) is 15.3 Å². The van der Waals surface area contributed by atoms with Crippen molar-refractivity contribution >= 4 is 28.5 Å². The molecule has 1 aromatic carbocycles. The minimum absolute atomic E-state index is 0.237. The molecule has 1 N–H and O–H groups in total. The number of morpholine rings is 1. The summed E-state index contributed by atoms with van der Waals surface area (Å²) < 4.78 is 16.9. The fourth-order valence-corrected chi connectivity index (χ4v) is 4.42. The molecule has 1 saturated heterocycles. The molecule has 0 spiro atoms. The molecule has 2 amide bonds. The Morgan fingerprint density at radius 1 is 1.13 bits per heavy atom. The highest BCUT2D eigenvalue weighted by atomic mass is 16.5. The lowest BCUT2D eigenvalue weighted by atomic mass is 10.0. The number of methoxy groups -OCH3 is 1. The summed E-state index contributed by atoms with van der Waals surface area (Å²) in [5.74, 6) is 0.0727. The Bertz CT molecular complexity index is 1270. The molecule has 202 valence electrons. The largest absolute Gasteiger partial charge is 0.480 e. The average Bonchev–Trinajstić information content (AvgIpc) is 3.45. The van der Waals surface area contributed by atoms with Crippen LogP contribution in [-0.2, 0) is 19.1 Å². The summed E-state index contributed by atoms with van der Waals surface area (Å²) >= 11 is 0. The molecule has 4 rings (SSSR count). The van der Waals surface area contributed by atoms with E-state index < -0.39 is 17.9 Å². The summed E-state index contributed by atoms with van der Waals surface area (Å²) in [6.07, 6.45) is 5.48. The summed E-state index contributed by atoms with van der Waals surface area (Å²) in [7, 11) is 1.54. The van der Waals surface area contributed by atoms with Gasteiger partial charge in [-0.1, -0.05) is 38.0 Å². The van der Waals surface area contributed by atoms with Gasteiger partial charge in [0.1, 0.15) is 11.8 Å². The number of fused-ring (bicyclic) bond motifs is 1. The third kappa shape index (κ3) is 6.74. The van der Waals surface area contributed by atoms with Crippen LogP contribution in [0.1, 0.15) is 57.4 Å². The Morgan fingerprint density at radius 2 is 1.92 bits per heavy atom. The van der Waals surface area contributed by atoms with E-state index in [4.69, 9.17) is 13.9 Å². The third-order valence-electron chi connectivity index (χ3n) is 6.61. The van der Waals surface area contributed by atoms with Crippen molar-refractivity contribution in [3.8, 4) is 17.2 Å². The SMILES string of the molecule is CCC(=O)CCCCC[C@H](NC(=O)C(=O)N1CCOCC1)c1ncc(-c2cc3ccccc3nc2OC)o1. The number of oxazole rings is 1. The van der Waals surface area contributed by atoms with Gasteiger partial charge in [-0.15, -0.1) is 0 Å². The van der Waals surface area contributed by atoms with E-state index in [1.165, 1.54) is 4.90 Å². The molecule has 10 heteroatoms. The lowest BCUT2D eigenvalue weighted by Gasteiger charge is -2.26. The number of rotatable bonds is 11. The smallest absolute Gasteiger partial charge is 0.312 e. The second-order valence-electron chi connectivity index (χ2n) is 9.22. The number of nitrogens with one attached hydrogen (secondary N) is 1. The number of ether oxygens (including phenoxy) is 2. The zero-order chi connectivity index (χ0) is 26.9. The Morgan fingerprint density at radius 3 is 2.68 bits per heavy atom. The predicted octanol–water partition coefficient (Wildman–Crippen LogP) is 3.84. The maximum atomic E-state index is 12.9. The lowest BCUT2D eigenvalue weighted by Crippen LogP contribution is -2.48. The van der Waals surface area contributed by atoms with E-state index in [0.717, 1.165) is 30.2 Å². The van der Waals surface area contributed by atoms with Gasteiger partial charge in [-0.2, -0.15) is 0 Å². The van der Waals surface area contributed by atoms with E-state index in [1.54, 1.807) is 13.3 Å². The normalized spacial score (nSPS) is 14.3. The van der Waals surface area contributed by atoms with Crippen molar-refractivity contribution in [2.75, 3.05) is 33.4 Å². The summed E-state index contributed by atoms with van der Waals surface area (Å²) in [6.45, 7) is 3.42. The average molecular weight is 523 g/mol. The third-order valence-corrected chi connectivity index (χ3v) is 6.61. The van der Waals surface area contributed by atoms with Crippen LogP contribution in [0.5, 0.6) is 5.88 Å². The molecule has 38 heavy (non-hydrogen) atoms. The summed E-state index contributed by atoms with van der Waals surface area (Å²) in [4.78, 5) is 47.7. The van der Waals surface area contributed by atoms with Gasteiger partial charge in [0.2, 0.25) is 11.8 Å². The zero-order valence-corrected chi connectivity index (χ0v) is 21.9. The van der Waals surface area contributed by atoms with Crippen molar-refractivity contribution in [1.29, 1.82) is 0 Å². The molecular formula is C28H34N4O6. The Balaban J connectivity index is 1.52. The number of nitrogens with zero attached hydrogens (tertiary/aromatic N) is 3. The van der Waals surface area contributed by atoms with Gasteiger partial charge in [0.05, 0.1) is 37.6 Å². The van der Waals surface area contributed by atoms with Crippen LogP contribution >= 0.6 is 0 Å². The molecule has 1 aliphatic rings. The number of carbonyl (C=O) groups is 3. The van der Waals surface area contributed by atoms with E-state index in [-0.39, 0.29) is 5.78 Å². The molecule has 3 aromatic rings. The summed E-state index contributed by atoms with van der Waals surface area (Å²) in [5, 5.41) is 3.74. The van der Waals surface area contributed by atoms with Gasteiger partial charge in [-0.05, 0) is 25.0 Å². The first-order chi connectivity index (χ1) is 18.5. The predicted molar refractivity (Wildman–Crippen MR) is 140 cm³/mol. The summed E-state index contributed by atoms with van der Waals surface area (Å²) in [5.41, 5.74) is 1.43. The van der Waals surface area contributed by atoms with Crippen LogP contribution in [0.2, 0.25) is 0 Å². The molecule has 3 heterocycles. The number of aromatic nitrogens is 2. The van der Waals surface area contributed by atoms with E-state index >= 15 is 0 Å². The van der Waals surface area contributed by atoms with Crippen LogP contribution in [-0.4, -0.2) is 65.9 Å². The zero-order valence-electron chi connectivity index (χ0n) is 21.9. The lowest BCUT2D eigenvalue weighted by molar-refractivity contribution is -0.148. The number of amides is 2. The van der Waals surface area contributed by atoms with Crippen molar-refractivity contribution in [2.24, 2.45) is 0 Å². The van der Waals surface area contributed by atoms with Crippen molar-refractivity contribution in [1.82, 2.24) is 20.2 Å². The van der Waals surface area contributed by atoms with Gasteiger partial charge in [-0.25, -0.2) is 9.97 Å². The quantitative estimate of drug-likeness (QED) is 0.298. The van der Waals surface area contributed by atoms with Gasteiger partial charge < -0.3 is 24.1 Å². The molecule has 1 aliphatic heterocycles. The van der Waals surface area contributed by atoms with Gasteiger partial charge in [0.25, 0.3) is 0 Å². The van der Waals surface area contributed by atoms with Gasteiger partial charge in [0, 0.05) is 31.3 Å². The first-order valence-corrected chi connectivity index (χ1v) is 13.1. The molecule has 10 nitrogen and oxygen atoms in total. The molecule has 1 atom stereocenters. The van der Waals surface area contributed by atoms with Crippen molar-refractivity contribution < 1.29 is 28.3 Å². The van der Waals surface area contributed by atoms with Crippen LogP contribution in [0.25, 0.3) is 22.2 Å². The van der Waals surface area contributed by atoms with Gasteiger partial charge >= 0.3 is 11.8 Å². The topological polar surface area (TPSA) is 124 Å². The Labute approximate surface area is 221 Å². The molecule has 0 unspecified atom stereocenters. The highest BCUT2D eigenvalue weighted by molar-refractivity contribution is 6.35. The van der Waals surface area contributed by atoms with Crippen molar-refractivity contribution in [2.45, 2.75) is 51.5 Å². The first kappa shape index (κ1) is 27.3. The number of pyridine rings is 1. The molecule has 0 bridgehead atoms.